The first-order chi connectivity index (χ1) is 23.1. The number of hydrogen-bond acceptors (Lipinski definition) is 7. The maximum Gasteiger partial charge on any atom is 0.287 e. The van der Waals surface area contributed by atoms with Crippen LogP contribution >= 0.6 is 0 Å². The molecule has 1 saturated carbocycles. The summed E-state index contributed by atoms with van der Waals surface area (Å²) in [6, 6.07) is 15.4. The maximum absolute atomic E-state index is 13.5. The van der Waals surface area contributed by atoms with E-state index in [4.69, 9.17) is 4.98 Å². The fourth-order valence-corrected chi connectivity index (χ4v) is 7.39. The van der Waals surface area contributed by atoms with Crippen molar-refractivity contribution in [3.05, 3.63) is 99.9 Å². The molecule has 3 amide bonds. The molecule has 1 spiro atoms. The van der Waals surface area contributed by atoms with E-state index in [0.29, 0.717) is 42.3 Å². The second-order valence-corrected chi connectivity index (χ2v) is 13.5. The van der Waals surface area contributed by atoms with E-state index in [1.54, 1.807) is 25.2 Å². The van der Waals surface area contributed by atoms with E-state index in [1.807, 2.05) is 67.2 Å². The van der Waals surface area contributed by atoms with Crippen LogP contribution in [-0.2, 0) is 38.3 Å². The van der Waals surface area contributed by atoms with E-state index < -0.39 is 0 Å². The summed E-state index contributed by atoms with van der Waals surface area (Å²) < 4.78 is 4.03. The number of amides is 3. The first-order valence-corrected chi connectivity index (χ1v) is 16.7. The fraction of sp³-hybridized carbons (Fsp3) is 0.417. The molecule has 250 valence electrons. The van der Waals surface area contributed by atoms with Crippen molar-refractivity contribution in [2.75, 3.05) is 39.5 Å². The Hall–Kier alpha value is -4.81. The Bertz CT molecular complexity index is 1850. The van der Waals surface area contributed by atoms with Crippen LogP contribution in [0.25, 0.3) is 0 Å². The van der Waals surface area contributed by atoms with Gasteiger partial charge >= 0.3 is 0 Å². The summed E-state index contributed by atoms with van der Waals surface area (Å²) in [4.78, 5) is 50.0. The van der Waals surface area contributed by atoms with Gasteiger partial charge in [-0.15, -0.1) is 0 Å². The average Bonchev–Trinajstić information content (AvgIpc) is 3.64. The van der Waals surface area contributed by atoms with Gasteiger partial charge in [0.1, 0.15) is 0 Å². The molecule has 2 aromatic heterocycles. The highest BCUT2D eigenvalue weighted by molar-refractivity contribution is 6.05. The van der Waals surface area contributed by atoms with Gasteiger partial charge in [0, 0.05) is 64.6 Å². The molecule has 12 heteroatoms. The quantitative estimate of drug-likeness (QED) is 0.299. The normalized spacial score (nSPS) is 16.9. The molecule has 1 fully saturated rings. The number of benzene rings is 2. The number of fused-ring (bicyclic) bond motifs is 3. The molecule has 0 unspecified atom stereocenters. The van der Waals surface area contributed by atoms with Crippen molar-refractivity contribution in [2.45, 2.75) is 64.4 Å². The third kappa shape index (κ3) is 5.79. The third-order valence-corrected chi connectivity index (χ3v) is 10.1. The topological polar surface area (TPSA) is 121 Å². The minimum Gasteiger partial charge on any atom is -0.345 e. The minimum atomic E-state index is -0.193. The van der Waals surface area contributed by atoms with Crippen molar-refractivity contribution in [2.24, 2.45) is 0 Å². The Balaban J connectivity index is 0.992. The van der Waals surface area contributed by atoms with Gasteiger partial charge < -0.3 is 20.1 Å². The van der Waals surface area contributed by atoms with Crippen molar-refractivity contribution < 1.29 is 14.4 Å². The van der Waals surface area contributed by atoms with Crippen LogP contribution in [-0.4, -0.2) is 86.0 Å². The van der Waals surface area contributed by atoms with Crippen LogP contribution in [0.1, 0.15) is 78.8 Å². The van der Waals surface area contributed by atoms with E-state index in [1.165, 1.54) is 5.56 Å². The summed E-state index contributed by atoms with van der Waals surface area (Å²) >= 11 is 0. The minimum absolute atomic E-state index is 0.00117. The first-order valence-electron chi connectivity index (χ1n) is 16.7. The zero-order valence-corrected chi connectivity index (χ0v) is 28.1. The van der Waals surface area contributed by atoms with Crippen LogP contribution in [0.2, 0.25) is 0 Å². The van der Waals surface area contributed by atoms with E-state index >= 15 is 0 Å². The van der Waals surface area contributed by atoms with E-state index in [-0.39, 0.29) is 23.3 Å². The molecule has 3 aliphatic rings. The first kappa shape index (κ1) is 31.8. The van der Waals surface area contributed by atoms with Crippen LogP contribution in [0, 0.1) is 6.92 Å². The monoisotopic (exact) mass is 649 g/mol. The summed E-state index contributed by atoms with van der Waals surface area (Å²) in [7, 11) is 5.56. The van der Waals surface area contributed by atoms with E-state index in [9.17, 15) is 14.4 Å². The van der Waals surface area contributed by atoms with Crippen molar-refractivity contribution in [3.63, 3.8) is 0 Å². The molecular formula is C36H43N9O3. The number of aromatic nitrogens is 4. The van der Waals surface area contributed by atoms with Gasteiger partial charge in [-0.25, -0.2) is 4.98 Å². The molecule has 4 aromatic rings. The lowest BCUT2D eigenvalue weighted by Crippen LogP contribution is -2.56. The SMILES string of the molecule is Cc1nc(C(=O)NCc2ccc(NC(=O)c3cnn4c3CN(C)CC4)cc2)n2c1C1(CCC1)N(Cc1ccc(C(=O)N(C)C)cc1)CC2. The summed E-state index contributed by atoms with van der Waals surface area (Å²) in [5, 5.41) is 10.4. The number of carbonyl (C=O) groups excluding carboxylic acids is 3. The summed E-state index contributed by atoms with van der Waals surface area (Å²) in [5.74, 6) is 0.0868. The van der Waals surface area contributed by atoms with Gasteiger partial charge in [0.15, 0.2) is 5.82 Å². The largest absolute Gasteiger partial charge is 0.345 e. The third-order valence-electron chi connectivity index (χ3n) is 10.1. The summed E-state index contributed by atoms with van der Waals surface area (Å²) in [6.45, 7) is 7.01. The van der Waals surface area contributed by atoms with Crippen molar-refractivity contribution >= 4 is 23.4 Å². The van der Waals surface area contributed by atoms with E-state index in [2.05, 4.69) is 30.1 Å². The maximum atomic E-state index is 13.5. The lowest BCUT2D eigenvalue weighted by Gasteiger charge is -2.53. The van der Waals surface area contributed by atoms with Crippen LogP contribution in [0.4, 0.5) is 5.69 Å². The van der Waals surface area contributed by atoms with Crippen LogP contribution in [0.15, 0.2) is 54.7 Å². The number of aryl methyl sites for hydroxylation is 1. The van der Waals surface area contributed by atoms with Gasteiger partial charge in [0.2, 0.25) is 0 Å². The summed E-state index contributed by atoms with van der Waals surface area (Å²) in [5.41, 5.74) is 6.90. The number of nitrogens with one attached hydrogen (secondary N) is 2. The Kier molecular flexibility index (Phi) is 8.38. The van der Waals surface area contributed by atoms with Gasteiger partial charge in [-0.05, 0) is 68.6 Å². The molecule has 2 N–H and O–H groups in total. The molecule has 2 aliphatic heterocycles. The van der Waals surface area contributed by atoms with Gasteiger partial charge in [-0.3, -0.25) is 28.9 Å². The number of hydrogen-bond donors (Lipinski definition) is 2. The lowest BCUT2D eigenvalue weighted by atomic mass is 9.71. The van der Waals surface area contributed by atoms with Crippen molar-refractivity contribution in [1.29, 1.82) is 0 Å². The number of likely N-dealkylation sites (N-methyl/N-ethyl adjacent to an activating group) is 1. The Labute approximate surface area is 280 Å². The van der Waals surface area contributed by atoms with Gasteiger partial charge in [-0.2, -0.15) is 5.10 Å². The highest BCUT2D eigenvalue weighted by atomic mass is 16.2. The number of nitrogens with zero attached hydrogens (tertiary/aromatic N) is 7. The van der Waals surface area contributed by atoms with Crippen molar-refractivity contribution in [1.82, 2.24) is 39.3 Å². The predicted octanol–water partition coefficient (Wildman–Crippen LogP) is 3.61. The average molecular weight is 650 g/mol. The molecule has 7 rings (SSSR count). The second-order valence-electron chi connectivity index (χ2n) is 13.5. The highest BCUT2D eigenvalue weighted by Crippen LogP contribution is 2.50. The van der Waals surface area contributed by atoms with Crippen LogP contribution in [0.5, 0.6) is 0 Å². The van der Waals surface area contributed by atoms with Crippen LogP contribution in [0.3, 0.4) is 0 Å². The molecule has 48 heavy (non-hydrogen) atoms. The zero-order chi connectivity index (χ0) is 33.6. The van der Waals surface area contributed by atoms with E-state index in [0.717, 1.165) is 68.1 Å². The molecule has 0 radical (unpaired) electrons. The molecule has 4 heterocycles. The number of anilines is 1. The molecule has 1 aliphatic carbocycles. The Morgan fingerprint density at radius 2 is 1.65 bits per heavy atom. The molecule has 0 saturated heterocycles. The molecule has 12 nitrogen and oxygen atoms in total. The molecular weight excluding hydrogens is 606 g/mol. The lowest BCUT2D eigenvalue weighted by molar-refractivity contribution is -0.0222. The number of rotatable bonds is 8. The highest BCUT2D eigenvalue weighted by Gasteiger charge is 2.50. The molecule has 0 bridgehead atoms. The van der Waals surface area contributed by atoms with Gasteiger partial charge in [0.05, 0.1) is 40.9 Å². The molecule has 0 atom stereocenters. The smallest absolute Gasteiger partial charge is 0.287 e. The summed E-state index contributed by atoms with van der Waals surface area (Å²) in [6.07, 6.45) is 4.84. The van der Waals surface area contributed by atoms with Gasteiger partial charge in [0.25, 0.3) is 17.7 Å². The fourth-order valence-electron chi connectivity index (χ4n) is 7.39. The van der Waals surface area contributed by atoms with Crippen molar-refractivity contribution in [3.8, 4) is 0 Å². The van der Waals surface area contributed by atoms with Crippen LogP contribution < -0.4 is 10.6 Å². The predicted molar refractivity (Wildman–Crippen MR) is 181 cm³/mol. The molecule has 2 aromatic carbocycles. The Morgan fingerprint density at radius 1 is 0.917 bits per heavy atom. The standard InChI is InChI=1S/C36H43N9O3/c1-24-31-36(14-5-15-36)43(22-26-6-10-27(11-7-26)35(48)41(2)3)17-18-44(31)32(39-24)34(47)37-20-25-8-12-28(13-9-25)40-33(46)29-21-38-45-19-16-42(4)23-30(29)45/h6-13,21H,5,14-20,22-23H2,1-4H3,(H,37,47)(H,40,46). The second kappa shape index (κ2) is 12.7. The Morgan fingerprint density at radius 3 is 2.33 bits per heavy atom. The van der Waals surface area contributed by atoms with Gasteiger partial charge in [-0.1, -0.05) is 24.3 Å². The zero-order valence-electron chi connectivity index (χ0n) is 28.1. The number of imidazole rings is 1. The number of carbonyl (C=O) groups is 3.